The van der Waals surface area contributed by atoms with Crippen molar-refractivity contribution in [1.82, 2.24) is 0 Å². The molecule has 8 heteroatoms. The molecule has 0 bridgehead atoms. The lowest BCUT2D eigenvalue weighted by Crippen LogP contribution is -2.35. The highest BCUT2D eigenvalue weighted by Crippen LogP contribution is 2.36. The number of anilines is 2. The Hall–Kier alpha value is -2.44. The number of halogens is 2. The number of ether oxygens (including phenoxy) is 2. The molecule has 3 rings (SSSR count). The fourth-order valence-electron chi connectivity index (χ4n) is 2.75. The summed E-state index contributed by atoms with van der Waals surface area (Å²) >= 11 is 11.9. The Morgan fingerprint density at radius 3 is 2.46 bits per heavy atom. The van der Waals surface area contributed by atoms with E-state index in [0.717, 1.165) is 4.90 Å². The molecule has 0 aliphatic carbocycles. The summed E-state index contributed by atoms with van der Waals surface area (Å²) in [5.41, 5.74) is 0.982. The highest BCUT2D eigenvalue weighted by Gasteiger charge is 2.40. The van der Waals surface area contributed by atoms with E-state index in [1.165, 1.54) is 14.2 Å². The van der Waals surface area contributed by atoms with E-state index in [4.69, 9.17) is 32.7 Å². The largest absolute Gasteiger partial charge is 0.497 e. The van der Waals surface area contributed by atoms with Crippen molar-refractivity contribution in [3.63, 3.8) is 0 Å². The molecule has 1 aliphatic rings. The van der Waals surface area contributed by atoms with Crippen LogP contribution in [0.4, 0.5) is 11.4 Å². The molecule has 1 aliphatic heterocycles. The van der Waals surface area contributed by atoms with Gasteiger partial charge in [0.15, 0.2) is 0 Å². The minimum Gasteiger partial charge on any atom is -0.497 e. The molecule has 0 saturated carbocycles. The van der Waals surface area contributed by atoms with Gasteiger partial charge < -0.3 is 14.8 Å². The third-order valence-electron chi connectivity index (χ3n) is 4.03. The minimum atomic E-state index is -0.702. The van der Waals surface area contributed by atoms with Crippen LogP contribution in [0.25, 0.3) is 0 Å². The molecule has 2 aromatic rings. The summed E-state index contributed by atoms with van der Waals surface area (Å²) in [7, 11) is 2.99. The van der Waals surface area contributed by atoms with Gasteiger partial charge in [0.1, 0.15) is 17.5 Å². The Labute approximate surface area is 160 Å². The van der Waals surface area contributed by atoms with E-state index in [-0.39, 0.29) is 18.2 Å². The third kappa shape index (κ3) is 3.43. The summed E-state index contributed by atoms with van der Waals surface area (Å²) in [6.45, 7) is 0. The highest BCUT2D eigenvalue weighted by atomic mass is 35.5. The highest BCUT2D eigenvalue weighted by molar-refractivity contribution is 6.42. The van der Waals surface area contributed by atoms with Crippen molar-refractivity contribution >= 4 is 46.4 Å². The maximum atomic E-state index is 12.8. The molecule has 1 fully saturated rings. The van der Waals surface area contributed by atoms with Crippen molar-refractivity contribution in [2.24, 2.45) is 0 Å². The third-order valence-corrected chi connectivity index (χ3v) is 4.77. The summed E-state index contributed by atoms with van der Waals surface area (Å²) < 4.78 is 10.4. The zero-order valence-electron chi connectivity index (χ0n) is 14.1. The second-order valence-electron chi connectivity index (χ2n) is 5.64. The van der Waals surface area contributed by atoms with Crippen LogP contribution in [-0.4, -0.2) is 32.1 Å². The molecule has 1 atom stereocenters. The minimum absolute atomic E-state index is 0.0221. The van der Waals surface area contributed by atoms with E-state index in [9.17, 15) is 9.59 Å². The number of rotatable bonds is 5. The number of methoxy groups -OCH3 is 2. The summed E-state index contributed by atoms with van der Waals surface area (Å²) in [6, 6.07) is 9.13. The van der Waals surface area contributed by atoms with Gasteiger partial charge in [0.2, 0.25) is 5.91 Å². The topological polar surface area (TPSA) is 67.9 Å². The molecule has 136 valence electrons. The quantitative estimate of drug-likeness (QED) is 0.781. The smallest absolute Gasteiger partial charge is 0.256 e. The number of hydrogen-bond donors (Lipinski definition) is 1. The molecule has 0 spiro atoms. The fraction of sp³-hybridized carbons (Fsp3) is 0.222. The summed E-state index contributed by atoms with van der Waals surface area (Å²) in [6.07, 6.45) is 0.0221. The normalized spacial score (nSPS) is 16.8. The molecule has 0 aromatic heterocycles. The molecule has 26 heavy (non-hydrogen) atoms. The van der Waals surface area contributed by atoms with E-state index in [0.29, 0.717) is 32.9 Å². The Morgan fingerprint density at radius 2 is 1.81 bits per heavy atom. The van der Waals surface area contributed by atoms with Gasteiger partial charge in [0.25, 0.3) is 5.91 Å². The van der Waals surface area contributed by atoms with Crippen molar-refractivity contribution in [2.75, 3.05) is 24.4 Å². The molecule has 1 saturated heterocycles. The number of benzene rings is 2. The first-order valence-electron chi connectivity index (χ1n) is 7.75. The Kier molecular flexibility index (Phi) is 5.25. The molecule has 1 heterocycles. The van der Waals surface area contributed by atoms with Crippen molar-refractivity contribution in [1.29, 1.82) is 0 Å². The second kappa shape index (κ2) is 7.43. The molecule has 2 amide bonds. The first-order valence-corrected chi connectivity index (χ1v) is 8.50. The van der Waals surface area contributed by atoms with Crippen LogP contribution < -0.4 is 19.7 Å². The van der Waals surface area contributed by atoms with Crippen LogP contribution in [0.2, 0.25) is 10.0 Å². The Bertz CT molecular complexity index is 872. The van der Waals surface area contributed by atoms with E-state index in [1.54, 1.807) is 36.4 Å². The standard InChI is InChI=1S/C18H16Cl2N2O4/c1-25-11-4-6-15(16(8-11)26-2)22-17(23)9-14(18(22)24)21-10-3-5-12(19)13(20)7-10/h3-8,14,21H,9H2,1-2H3/t14-/m1/s1. The number of carbonyl (C=O) groups excluding carboxylic acids is 2. The van der Waals surface area contributed by atoms with Gasteiger partial charge in [-0.1, -0.05) is 23.2 Å². The summed E-state index contributed by atoms with van der Waals surface area (Å²) in [5, 5.41) is 3.80. The monoisotopic (exact) mass is 394 g/mol. The van der Waals surface area contributed by atoms with Crippen LogP contribution in [0, 0.1) is 0 Å². The van der Waals surface area contributed by atoms with Gasteiger partial charge in [-0.25, -0.2) is 4.90 Å². The van der Waals surface area contributed by atoms with Crippen molar-refractivity contribution in [3.8, 4) is 11.5 Å². The van der Waals surface area contributed by atoms with Crippen molar-refractivity contribution in [3.05, 3.63) is 46.4 Å². The van der Waals surface area contributed by atoms with Gasteiger partial charge in [0, 0.05) is 11.8 Å². The molecular formula is C18H16Cl2N2O4. The predicted molar refractivity (Wildman–Crippen MR) is 101 cm³/mol. The van der Waals surface area contributed by atoms with Crippen LogP contribution in [0.3, 0.4) is 0 Å². The van der Waals surface area contributed by atoms with Crippen LogP contribution in [-0.2, 0) is 9.59 Å². The van der Waals surface area contributed by atoms with Crippen LogP contribution in [0.1, 0.15) is 6.42 Å². The molecular weight excluding hydrogens is 379 g/mol. The number of hydrogen-bond acceptors (Lipinski definition) is 5. The number of amides is 2. The van der Waals surface area contributed by atoms with Gasteiger partial charge in [-0.3, -0.25) is 9.59 Å². The van der Waals surface area contributed by atoms with Crippen molar-refractivity contribution in [2.45, 2.75) is 12.5 Å². The Balaban J connectivity index is 1.86. The van der Waals surface area contributed by atoms with Crippen LogP contribution in [0.15, 0.2) is 36.4 Å². The second-order valence-corrected chi connectivity index (χ2v) is 6.45. The van der Waals surface area contributed by atoms with Crippen molar-refractivity contribution < 1.29 is 19.1 Å². The summed E-state index contributed by atoms with van der Waals surface area (Å²) in [5.74, 6) is 0.247. The van der Waals surface area contributed by atoms with E-state index < -0.39 is 6.04 Å². The van der Waals surface area contributed by atoms with Crippen LogP contribution >= 0.6 is 23.2 Å². The predicted octanol–water partition coefficient (Wildman–Crippen LogP) is 3.75. The lowest BCUT2D eigenvalue weighted by atomic mass is 10.2. The average molecular weight is 395 g/mol. The maximum absolute atomic E-state index is 12.8. The van der Waals surface area contributed by atoms with Crippen LogP contribution in [0.5, 0.6) is 11.5 Å². The first kappa shape index (κ1) is 18.4. The van der Waals surface area contributed by atoms with Gasteiger partial charge >= 0.3 is 0 Å². The number of imide groups is 1. The maximum Gasteiger partial charge on any atom is 0.256 e. The number of carbonyl (C=O) groups is 2. The molecule has 1 N–H and O–H groups in total. The van der Waals surface area contributed by atoms with Gasteiger partial charge in [0.05, 0.1) is 36.4 Å². The zero-order chi connectivity index (χ0) is 18.8. The molecule has 0 unspecified atom stereocenters. The lowest BCUT2D eigenvalue weighted by molar-refractivity contribution is -0.121. The molecule has 0 radical (unpaired) electrons. The molecule has 6 nitrogen and oxygen atoms in total. The summed E-state index contributed by atoms with van der Waals surface area (Å²) in [4.78, 5) is 26.4. The first-order chi connectivity index (χ1) is 12.4. The van der Waals surface area contributed by atoms with E-state index >= 15 is 0 Å². The van der Waals surface area contributed by atoms with Gasteiger partial charge in [-0.15, -0.1) is 0 Å². The van der Waals surface area contributed by atoms with Gasteiger partial charge in [-0.05, 0) is 30.3 Å². The average Bonchev–Trinajstić information content (AvgIpc) is 2.91. The SMILES string of the molecule is COc1ccc(N2C(=O)C[C@@H](Nc3ccc(Cl)c(Cl)c3)C2=O)c(OC)c1. The fourth-order valence-corrected chi connectivity index (χ4v) is 3.05. The lowest BCUT2D eigenvalue weighted by Gasteiger charge is -2.19. The van der Waals surface area contributed by atoms with Gasteiger partial charge in [-0.2, -0.15) is 0 Å². The Morgan fingerprint density at radius 1 is 1.04 bits per heavy atom. The molecule has 2 aromatic carbocycles. The number of nitrogens with zero attached hydrogens (tertiary/aromatic N) is 1. The number of nitrogens with one attached hydrogen (secondary N) is 1. The van der Waals surface area contributed by atoms with E-state index in [1.807, 2.05) is 0 Å². The zero-order valence-corrected chi connectivity index (χ0v) is 15.6. The van der Waals surface area contributed by atoms with E-state index in [2.05, 4.69) is 5.32 Å².